The van der Waals surface area contributed by atoms with E-state index in [1.807, 2.05) is 13.8 Å². The van der Waals surface area contributed by atoms with Gasteiger partial charge in [0.2, 0.25) is 0 Å². The number of hydrogen-bond donors (Lipinski definition) is 2. The van der Waals surface area contributed by atoms with E-state index < -0.39 is 17.6 Å². The molecule has 0 unspecified atom stereocenters. The number of aliphatic imine (C=N–C) groups is 1. The number of aromatic nitrogens is 1. The lowest BCUT2D eigenvalue weighted by molar-refractivity contribution is -0.138. The second-order valence-corrected chi connectivity index (χ2v) is 5.49. The molecule has 0 atom stereocenters. The summed E-state index contributed by atoms with van der Waals surface area (Å²) in [5.74, 6) is -0.0308. The van der Waals surface area contributed by atoms with E-state index in [1.165, 1.54) is 0 Å². The van der Waals surface area contributed by atoms with Gasteiger partial charge >= 0.3 is 6.18 Å². The maximum Gasteiger partial charge on any atom is 0.416 e. The normalized spacial score (nSPS) is 11.9. The van der Waals surface area contributed by atoms with Crippen molar-refractivity contribution in [3.8, 4) is 0 Å². The molecule has 150 valence electrons. The van der Waals surface area contributed by atoms with Crippen LogP contribution in [-0.4, -0.2) is 17.7 Å². The van der Waals surface area contributed by atoms with Crippen LogP contribution in [0, 0.1) is 5.82 Å². The van der Waals surface area contributed by atoms with Gasteiger partial charge in [-0.1, -0.05) is 18.1 Å². The molecule has 1 aromatic carbocycles. The largest absolute Gasteiger partial charge is 0.416 e. The Hall–Kier alpha value is -1.85. The van der Waals surface area contributed by atoms with Gasteiger partial charge < -0.3 is 15.2 Å². The summed E-state index contributed by atoms with van der Waals surface area (Å²) in [6.07, 6.45) is -3.91. The summed E-state index contributed by atoms with van der Waals surface area (Å²) in [5.41, 5.74) is -0.325. The lowest BCUT2D eigenvalue weighted by atomic mass is 10.1. The Morgan fingerprint density at radius 2 is 1.93 bits per heavy atom. The first-order valence-corrected chi connectivity index (χ1v) is 8.15. The smallest absolute Gasteiger partial charge is 0.359 e. The Morgan fingerprint density at radius 3 is 2.52 bits per heavy atom. The number of hydrogen-bond acceptors (Lipinski definition) is 3. The zero-order valence-electron chi connectivity index (χ0n) is 14.9. The van der Waals surface area contributed by atoms with Crippen molar-refractivity contribution in [1.29, 1.82) is 0 Å². The zero-order chi connectivity index (χ0) is 19.2. The number of nitrogens with one attached hydrogen (secondary N) is 2. The van der Waals surface area contributed by atoms with E-state index in [0.29, 0.717) is 24.3 Å². The molecule has 1 heterocycles. The van der Waals surface area contributed by atoms with Crippen molar-refractivity contribution >= 4 is 29.9 Å². The van der Waals surface area contributed by atoms with Crippen LogP contribution in [0.3, 0.4) is 0 Å². The molecular weight excluding hydrogens is 479 g/mol. The van der Waals surface area contributed by atoms with Gasteiger partial charge in [-0.3, -0.25) is 0 Å². The molecular formula is C17H21F4IN4O. The Bertz CT molecular complexity index is 762. The first kappa shape index (κ1) is 23.2. The molecule has 0 saturated carbocycles. The summed E-state index contributed by atoms with van der Waals surface area (Å²) >= 11 is 0. The molecule has 0 aliphatic carbocycles. The van der Waals surface area contributed by atoms with Gasteiger partial charge in [0.05, 0.1) is 24.3 Å². The van der Waals surface area contributed by atoms with Crippen molar-refractivity contribution in [2.24, 2.45) is 4.99 Å². The van der Waals surface area contributed by atoms with Crippen LogP contribution in [0.5, 0.6) is 0 Å². The Labute approximate surface area is 171 Å². The SMILES string of the molecule is CCNC(=NCc1ccc(F)cc1C(F)(F)F)NCc1cc(CC)no1.I. The molecule has 10 heteroatoms. The van der Waals surface area contributed by atoms with Crippen molar-refractivity contribution in [3.05, 3.63) is 52.7 Å². The molecule has 0 spiro atoms. The predicted octanol–water partition coefficient (Wildman–Crippen LogP) is 4.27. The van der Waals surface area contributed by atoms with Crippen LogP contribution >= 0.6 is 24.0 Å². The van der Waals surface area contributed by atoms with Crippen molar-refractivity contribution < 1.29 is 22.1 Å². The van der Waals surface area contributed by atoms with E-state index in [2.05, 4.69) is 20.8 Å². The van der Waals surface area contributed by atoms with Gasteiger partial charge in [0.1, 0.15) is 5.82 Å². The second-order valence-electron chi connectivity index (χ2n) is 5.49. The van der Waals surface area contributed by atoms with Crippen LogP contribution in [0.25, 0.3) is 0 Å². The van der Waals surface area contributed by atoms with Crippen LogP contribution in [-0.2, 0) is 25.7 Å². The van der Waals surface area contributed by atoms with Gasteiger partial charge in [-0.05, 0) is 31.0 Å². The third-order valence-corrected chi connectivity index (χ3v) is 3.53. The van der Waals surface area contributed by atoms with Gasteiger partial charge in [-0.2, -0.15) is 13.2 Å². The van der Waals surface area contributed by atoms with Gasteiger partial charge in [0.15, 0.2) is 11.7 Å². The minimum Gasteiger partial charge on any atom is -0.359 e. The molecule has 27 heavy (non-hydrogen) atoms. The van der Waals surface area contributed by atoms with Crippen LogP contribution in [0.4, 0.5) is 17.6 Å². The minimum atomic E-state index is -4.64. The average Bonchev–Trinajstić information content (AvgIpc) is 3.05. The molecule has 0 radical (unpaired) electrons. The number of alkyl halides is 3. The number of rotatable bonds is 6. The summed E-state index contributed by atoms with van der Waals surface area (Å²) in [4.78, 5) is 4.14. The molecule has 5 nitrogen and oxygen atoms in total. The Kier molecular flexibility index (Phi) is 9.00. The summed E-state index contributed by atoms with van der Waals surface area (Å²) in [5, 5.41) is 9.76. The van der Waals surface area contributed by atoms with Crippen molar-refractivity contribution in [2.75, 3.05) is 6.54 Å². The molecule has 0 fully saturated rings. The summed E-state index contributed by atoms with van der Waals surface area (Å²) < 4.78 is 57.4. The van der Waals surface area contributed by atoms with Crippen LogP contribution in [0.15, 0.2) is 33.8 Å². The van der Waals surface area contributed by atoms with E-state index in [0.717, 1.165) is 24.2 Å². The predicted molar refractivity (Wildman–Crippen MR) is 104 cm³/mol. The van der Waals surface area contributed by atoms with Crippen molar-refractivity contribution in [2.45, 2.75) is 39.5 Å². The van der Waals surface area contributed by atoms with Gasteiger partial charge in [-0.15, -0.1) is 24.0 Å². The number of aryl methyl sites for hydroxylation is 1. The molecule has 1 aromatic heterocycles. The standard InChI is InChI=1S/C17H20F4N4O.HI/c1-3-13-8-14(26-25-13)10-24-16(22-4-2)23-9-11-5-6-12(18)7-15(11)17(19,20)21;/h5-8H,3-4,9-10H2,1-2H3,(H2,22,23,24);1H. The fraction of sp³-hybridized carbons (Fsp3) is 0.412. The zero-order valence-corrected chi connectivity index (χ0v) is 17.2. The van der Waals surface area contributed by atoms with Gasteiger partial charge in [0.25, 0.3) is 0 Å². The van der Waals surface area contributed by atoms with Crippen LogP contribution in [0.1, 0.15) is 36.4 Å². The highest BCUT2D eigenvalue weighted by Crippen LogP contribution is 2.32. The second kappa shape index (κ2) is 10.5. The topological polar surface area (TPSA) is 62.5 Å². The van der Waals surface area contributed by atoms with Crippen LogP contribution < -0.4 is 10.6 Å². The molecule has 0 saturated heterocycles. The number of benzene rings is 1. The number of halogens is 5. The summed E-state index contributed by atoms with van der Waals surface area (Å²) in [7, 11) is 0. The quantitative estimate of drug-likeness (QED) is 0.269. The third kappa shape index (κ3) is 7.00. The lowest BCUT2D eigenvalue weighted by Gasteiger charge is -2.13. The van der Waals surface area contributed by atoms with E-state index in [-0.39, 0.29) is 42.6 Å². The van der Waals surface area contributed by atoms with Crippen LogP contribution in [0.2, 0.25) is 0 Å². The number of nitrogens with zero attached hydrogens (tertiary/aromatic N) is 2. The molecule has 0 aliphatic rings. The highest BCUT2D eigenvalue weighted by molar-refractivity contribution is 14.0. The highest BCUT2D eigenvalue weighted by atomic mass is 127. The average molecular weight is 500 g/mol. The van der Waals surface area contributed by atoms with E-state index in [4.69, 9.17) is 4.52 Å². The molecule has 0 amide bonds. The molecule has 0 aliphatic heterocycles. The monoisotopic (exact) mass is 500 g/mol. The van der Waals surface area contributed by atoms with Crippen molar-refractivity contribution in [1.82, 2.24) is 15.8 Å². The van der Waals surface area contributed by atoms with Gasteiger partial charge in [-0.25, -0.2) is 9.38 Å². The fourth-order valence-corrected chi connectivity index (χ4v) is 2.23. The van der Waals surface area contributed by atoms with E-state index in [9.17, 15) is 17.6 Å². The molecule has 0 bridgehead atoms. The first-order valence-electron chi connectivity index (χ1n) is 8.15. The van der Waals surface area contributed by atoms with Crippen molar-refractivity contribution in [3.63, 3.8) is 0 Å². The summed E-state index contributed by atoms with van der Waals surface area (Å²) in [6, 6.07) is 4.35. The minimum absolute atomic E-state index is 0. The maximum atomic E-state index is 13.2. The van der Waals surface area contributed by atoms with E-state index >= 15 is 0 Å². The molecule has 2 aromatic rings. The Balaban J connectivity index is 0.00000364. The maximum absolute atomic E-state index is 13.2. The molecule has 2 rings (SSSR count). The first-order chi connectivity index (χ1) is 12.3. The highest BCUT2D eigenvalue weighted by Gasteiger charge is 2.33. The van der Waals surface area contributed by atoms with E-state index in [1.54, 1.807) is 6.07 Å². The third-order valence-electron chi connectivity index (χ3n) is 3.53. The summed E-state index contributed by atoms with van der Waals surface area (Å²) in [6.45, 7) is 4.34. The lowest BCUT2D eigenvalue weighted by Crippen LogP contribution is -2.36. The Morgan fingerprint density at radius 1 is 1.19 bits per heavy atom. The fourth-order valence-electron chi connectivity index (χ4n) is 2.23. The van der Waals surface area contributed by atoms with Gasteiger partial charge in [0, 0.05) is 12.6 Å². The molecule has 2 N–H and O–H groups in total. The number of guanidine groups is 1.